The molecule has 58 heavy (non-hydrogen) atoms. The highest BCUT2D eigenvalue weighted by Crippen LogP contribution is 2.49. The van der Waals surface area contributed by atoms with Crippen LogP contribution in [0.15, 0.2) is 35.9 Å². The molecule has 1 aromatic rings. The molecule has 1 aromatic carbocycles. The first-order chi connectivity index (χ1) is 27.2. The van der Waals surface area contributed by atoms with Gasteiger partial charge in [0.25, 0.3) is 0 Å². The molecule has 4 rings (SSSR count). The SMILES string of the molecule is COc1cc2cc(c1Cl)N(C)C(=O)CC(OC(=O)C(C)N(C)C(=O)C(C)N(C)C(=O)CCSSC)C1(C)OC1C(C)C1CC(O)(NC(=O)O1)C(OC)/C=C/C=C(\C)C2. The number of amides is 4. The fourth-order valence-corrected chi connectivity index (χ4v) is 8.75. The zero-order valence-electron chi connectivity index (χ0n) is 35.0. The summed E-state index contributed by atoms with van der Waals surface area (Å²) in [6.45, 7) is 8.48. The van der Waals surface area contributed by atoms with Crippen LogP contribution < -0.4 is 15.0 Å². The molecule has 0 aromatic heterocycles. The molecule has 2 saturated heterocycles. The third-order valence-corrected chi connectivity index (χ3v) is 13.5. The Morgan fingerprint density at radius 3 is 2.48 bits per heavy atom. The molecule has 3 aliphatic rings. The summed E-state index contributed by atoms with van der Waals surface area (Å²) in [5, 5.41) is 14.5. The van der Waals surface area contributed by atoms with E-state index in [0.29, 0.717) is 23.6 Å². The summed E-state index contributed by atoms with van der Waals surface area (Å²) in [6.07, 6.45) is 2.80. The third-order valence-electron chi connectivity index (χ3n) is 11.3. The fraction of sp³-hybridized carbons (Fsp3) is 0.625. The van der Waals surface area contributed by atoms with E-state index in [1.54, 1.807) is 80.7 Å². The van der Waals surface area contributed by atoms with Crippen LogP contribution in [-0.2, 0) is 44.5 Å². The van der Waals surface area contributed by atoms with E-state index in [0.717, 1.165) is 11.1 Å². The number of carbonyl (C=O) groups is 5. The van der Waals surface area contributed by atoms with Crippen LogP contribution in [-0.4, -0.2) is 140 Å². The number of fused-ring (bicyclic) bond motifs is 5. The highest BCUT2D eigenvalue weighted by atomic mass is 35.5. The summed E-state index contributed by atoms with van der Waals surface area (Å²) >= 11 is 6.78. The van der Waals surface area contributed by atoms with Gasteiger partial charge in [0.05, 0.1) is 25.3 Å². The van der Waals surface area contributed by atoms with Gasteiger partial charge in [0, 0.05) is 52.8 Å². The van der Waals surface area contributed by atoms with Crippen LogP contribution in [0, 0.1) is 5.92 Å². The van der Waals surface area contributed by atoms with Gasteiger partial charge < -0.3 is 43.5 Å². The predicted molar refractivity (Wildman–Crippen MR) is 224 cm³/mol. The standard InChI is InChI=1S/C40H57ClN4O11S2/c1-22-13-12-14-30(53-10)40(51)21-29(54-38(50)42-40)23(2)35-39(5,56-35)31(20-33(47)45(8)27-18-26(17-22)19-28(52-9)34(27)41)55-37(49)25(4)44(7)36(48)24(3)43(6)32(46)15-16-58-57-11/h12-14,18-19,23-25,29-31,35,51H,15-17,20-21H2,1-11H3,(H,42,50)/b14-12+,22-13+. The van der Waals surface area contributed by atoms with Gasteiger partial charge in [-0.25, -0.2) is 9.59 Å². The Bertz CT molecular complexity index is 1780. The zero-order chi connectivity index (χ0) is 43.3. The lowest BCUT2D eigenvalue weighted by Crippen LogP contribution is -2.63. The number of rotatable bonds is 11. The van der Waals surface area contributed by atoms with E-state index < -0.39 is 77.6 Å². The fourth-order valence-electron chi connectivity index (χ4n) is 7.26. The van der Waals surface area contributed by atoms with E-state index in [-0.39, 0.29) is 30.2 Å². The molecule has 9 atom stereocenters. The molecule has 3 aliphatic heterocycles. The first-order valence-electron chi connectivity index (χ1n) is 19.0. The Morgan fingerprint density at radius 2 is 1.84 bits per heavy atom. The van der Waals surface area contributed by atoms with Crippen LogP contribution in [0.3, 0.4) is 0 Å². The van der Waals surface area contributed by atoms with Crippen LogP contribution in [0.1, 0.15) is 59.4 Å². The highest BCUT2D eigenvalue weighted by Gasteiger charge is 2.64. The van der Waals surface area contributed by atoms with Crippen molar-refractivity contribution in [3.8, 4) is 5.75 Å². The lowest BCUT2D eigenvalue weighted by atomic mass is 9.83. The number of carbonyl (C=O) groups excluding carboxylic acids is 5. The normalized spacial score (nSPS) is 30.0. The minimum absolute atomic E-state index is 0.0763. The van der Waals surface area contributed by atoms with Crippen molar-refractivity contribution in [1.29, 1.82) is 0 Å². The van der Waals surface area contributed by atoms with Crippen LogP contribution >= 0.6 is 33.2 Å². The zero-order valence-corrected chi connectivity index (χ0v) is 37.4. The van der Waals surface area contributed by atoms with Crippen molar-refractivity contribution in [1.82, 2.24) is 15.1 Å². The van der Waals surface area contributed by atoms with Gasteiger partial charge in [-0.15, -0.1) is 0 Å². The Kier molecular flexibility index (Phi) is 16.0. The van der Waals surface area contributed by atoms with Crippen molar-refractivity contribution in [2.75, 3.05) is 52.3 Å². The quantitative estimate of drug-likeness (QED) is 0.135. The minimum atomic E-state index is -1.85. The molecular weight excluding hydrogens is 812 g/mol. The molecule has 0 spiro atoms. The number of alkyl carbamates (subject to hydrolysis) is 1. The number of benzene rings is 1. The van der Waals surface area contributed by atoms with Crippen LogP contribution in [0.2, 0.25) is 5.02 Å². The second-order valence-corrected chi connectivity index (χ2v) is 18.3. The van der Waals surface area contributed by atoms with E-state index in [2.05, 4.69) is 5.32 Å². The molecule has 2 fully saturated rings. The van der Waals surface area contributed by atoms with Crippen molar-refractivity contribution in [2.24, 2.45) is 5.92 Å². The van der Waals surface area contributed by atoms with Crippen molar-refractivity contribution in [2.45, 2.75) is 108 Å². The number of hydrogen-bond acceptors (Lipinski definition) is 13. The summed E-state index contributed by atoms with van der Waals surface area (Å²) in [7, 11) is 10.6. The monoisotopic (exact) mass is 868 g/mol. The molecule has 322 valence electrons. The third kappa shape index (κ3) is 10.6. The summed E-state index contributed by atoms with van der Waals surface area (Å²) < 4.78 is 29.3. The molecule has 0 radical (unpaired) electrons. The molecular formula is C40H57ClN4O11S2. The molecule has 3 heterocycles. The molecule has 18 heteroatoms. The number of methoxy groups -OCH3 is 2. The number of esters is 1. The van der Waals surface area contributed by atoms with E-state index in [1.807, 2.05) is 19.3 Å². The van der Waals surface area contributed by atoms with E-state index in [9.17, 15) is 29.1 Å². The number of aliphatic hydroxyl groups is 1. The molecule has 0 aliphatic carbocycles. The largest absolute Gasteiger partial charge is 0.495 e. The Hall–Kier alpha value is -3.48. The number of allylic oxidation sites excluding steroid dienone is 3. The van der Waals surface area contributed by atoms with Gasteiger partial charge in [0.15, 0.2) is 5.72 Å². The molecule has 9 unspecified atom stereocenters. The molecule has 2 N–H and O–H groups in total. The summed E-state index contributed by atoms with van der Waals surface area (Å²) in [5.74, 6) is -1.59. The molecule has 15 nitrogen and oxygen atoms in total. The average Bonchev–Trinajstić information content (AvgIpc) is 3.88. The van der Waals surface area contributed by atoms with Crippen molar-refractivity contribution < 1.29 is 52.8 Å². The van der Waals surface area contributed by atoms with Gasteiger partial charge in [0.2, 0.25) is 17.7 Å². The summed E-state index contributed by atoms with van der Waals surface area (Å²) in [4.78, 5) is 71.4. The number of likely N-dealkylation sites (N-methyl/N-ethyl adjacent to an activating group) is 2. The van der Waals surface area contributed by atoms with Crippen LogP contribution in [0.4, 0.5) is 10.5 Å². The second kappa shape index (κ2) is 19.7. The number of nitrogens with zero attached hydrogens (tertiary/aromatic N) is 3. The number of epoxide rings is 1. The lowest BCUT2D eigenvalue weighted by Gasteiger charge is -2.42. The van der Waals surface area contributed by atoms with E-state index >= 15 is 0 Å². The van der Waals surface area contributed by atoms with Crippen molar-refractivity contribution in [3.63, 3.8) is 0 Å². The predicted octanol–water partition coefficient (Wildman–Crippen LogP) is 4.76. The number of ether oxygens (including phenoxy) is 5. The van der Waals surface area contributed by atoms with Gasteiger partial charge in [-0.05, 0) is 58.1 Å². The summed E-state index contributed by atoms with van der Waals surface area (Å²) in [5.41, 5.74) is -1.06. The molecule has 4 amide bonds. The molecule has 0 saturated carbocycles. The smallest absolute Gasteiger partial charge is 0.409 e. The Balaban J connectivity index is 1.70. The topological polar surface area (TPSA) is 177 Å². The van der Waals surface area contributed by atoms with E-state index in [1.165, 1.54) is 42.9 Å². The first-order valence-corrected chi connectivity index (χ1v) is 22.1. The summed E-state index contributed by atoms with van der Waals surface area (Å²) in [6, 6.07) is 1.57. The van der Waals surface area contributed by atoms with Gasteiger partial charge >= 0.3 is 12.1 Å². The number of nitrogens with one attached hydrogen (secondary N) is 1. The Labute approximate surface area is 353 Å². The van der Waals surface area contributed by atoms with Gasteiger partial charge in [-0.3, -0.25) is 19.7 Å². The van der Waals surface area contributed by atoms with Crippen LogP contribution in [0.25, 0.3) is 0 Å². The maximum Gasteiger partial charge on any atom is 0.409 e. The number of anilines is 1. The first kappa shape index (κ1) is 47.2. The highest BCUT2D eigenvalue weighted by molar-refractivity contribution is 8.76. The van der Waals surface area contributed by atoms with Crippen molar-refractivity contribution >= 4 is 68.7 Å². The molecule has 4 bridgehead atoms. The lowest BCUT2D eigenvalue weighted by molar-refractivity contribution is -0.163. The van der Waals surface area contributed by atoms with Crippen LogP contribution in [0.5, 0.6) is 5.75 Å². The maximum absolute atomic E-state index is 14.2. The maximum atomic E-state index is 14.2. The van der Waals surface area contributed by atoms with Gasteiger partial charge in [-0.1, -0.05) is 63.9 Å². The van der Waals surface area contributed by atoms with Crippen molar-refractivity contribution in [3.05, 3.63) is 46.5 Å². The van der Waals surface area contributed by atoms with E-state index in [4.69, 9.17) is 35.3 Å². The Morgan fingerprint density at radius 1 is 1.16 bits per heavy atom. The number of hydrogen-bond donors (Lipinski definition) is 2. The van der Waals surface area contributed by atoms with Gasteiger partial charge in [-0.2, -0.15) is 0 Å². The average molecular weight is 870 g/mol. The minimum Gasteiger partial charge on any atom is -0.495 e. The second-order valence-electron chi connectivity index (χ2n) is 15.3. The number of halogens is 1. The van der Waals surface area contributed by atoms with Gasteiger partial charge in [0.1, 0.15) is 46.8 Å².